The molecule has 1 heterocycles. The van der Waals surface area contributed by atoms with Crippen LogP contribution in [0.5, 0.6) is 11.5 Å². The van der Waals surface area contributed by atoms with Crippen LogP contribution in [0.15, 0.2) is 57.4 Å². The molecule has 0 aliphatic carbocycles. The molecule has 0 saturated carbocycles. The third-order valence-electron chi connectivity index (χ3n) is 4.32. The van der Waals surface area contributed by atoms with Crippen LogP contribution >= 0.6 is 27.3 Å². The topological polar surface area (TPSA) is 82.0 Å². The molecule has 0 spiro atoms. The fourth-order valence-corrected chi connectivity index (χ4v) is 3.89. The van der Waals surface area contributed by atoms with Crippen molar-refractivity contribution in [1.29, 1.82) is 0 Å². The summed E-state index contributed by atoms with van der Waals surface area (Å²) in [6.45, 7) is 2.67. The van der Waals surface area contributed by atoms with Gasteiger partial charge in [0.2, 0.25) is 5.13 Å². The summed E-state index contributed by atoms with van der Waals surface area (Å²) in [7, 11) is 1.60. The van der Waals surface area contributed by atoms with E-state index >= 15 is 0 Å². The number of methoxy groups -OCH3 is 1. The largest absolute Gasteiger partial charge is 0.493 e. The number of hydrogen-bond donors (Lipinski definition) is 1. The van der Waals surface area contributed by atoms with Crippen LogP contribution in [0.25, 0.3) is 0 Å². The third kappa shape index (κ3) is 7.06. The fourth-order valence-electron chi connectivity index (χ4n) is 2.80. The number of hydrazone groups is 1. The summed E-state index contributed by atoms with van der Waals surface area (Å²) < 4.78 is 17.2. The number of rotatable bonds is 11. The van der Waals surface area contributed by atoms with Gasteiger partial charge in [0.15, 0.2) is 11.5 Å². The Balaban J connectivity index is 1.58. The van der Waals surface area contributed by atoms with Crippen molar-refractivity contribution in [3.63, 3.8) is 0 Å². The number of benzene rings is 2. The molecule has 3 aromatic rings. The van der Waals surface area contributed by atoms with Crippen molar-refractivity contribution in [1.82, 2.24) is 4.98 Å². The Kier molecular flexibility index (Phi) is 9.06. The van der Waals surface area contributed by atoms with E-state index < -0.39 is 0 Å². The molecule has 0 saturated heterocycles. The predicted molar refractivity (Wildman–Crippen MR) is 130 cm³/mol. The van der Waals surface area contributed by atoms with Crippen molar-refractivity contribution in [2.24, 2.45) is 5.10 Å². The minimum absolute atomic E-state index is 0.143. The van der Waals surface area contributed by atoms with Crippen LogP contribution < -0.4 is 14.9 Å². The molecule has 1 N–H and O–H groups in total. The van der Waals surface area contributed by atoms with Gasteiger partial charge in [0.1, 0.15) is 0 Å². The van der Waals surface area contributed by atoms with E-state index in [1.54, 1.807) is 25.6 Å². The number of anilines is 1. The molecule has 0 bridgehead atoms. The summed E-state index contributed by atoms with van der Waals surface area (Å²) in [6.07, 6.45) is 2.61. The van der Waals surface area contributed by atoms with Gasteiger partial charge >= 0.3 is 5.97 Å². The molecule has 0 radical (unpaired) electrons. The van der Waals surface area contributed by atoms with Gasteiger partial charge < -0.3 is 14.2 Å². The summed E-state index contributed by atoms with van der Waals surface area (Å²) in [6, 6.07) is 13.9. The Morgan fingerprint density at radius 1 is 1.25 bits per heavy atom. The highest BCUT2D eigenvalue weighted by Gasteiger charge is 2.10. The average molecular weight is 518 g/mol. The second-order valence-electron chi connectivity index (χ2n) is 6.60. The van der Waals surface area contributed by atoms with Crippen molar-refractivity contribution >= 4 is 44.6 Å². The highest BCUT2D eigenvalue weighted by molar-refractivity contribution is 9.10. The van der Waals surface area contributed by atoms with E-state index in [1.165, 1.54) is 16.9 Å². The van der Waals surface area contributed by atoms with E-state index in [-0.39, 0.29) is 12.4 Å². The maximum atomic E-state index is 11.5. The SMILES string of the molecule is CCOC(=O)Cc1csc(NN=Cc2cc(OC)c(OCCc3ccccc3)cc2Br)n1. The van der Waals surface area contributed by atoms with Crippen LogP contribution in [0.3, 0.4) is 0 Å². The summed E-state index contributed by atoms with van der Waals surface area (Å²) in [5, 5.41) is 6.63. The lowest BCUT2D eigenvalue weighted by Crippen LogP contribution is -2.07. The van der Waals surface area contributed by atoms with Crippen molar-refractivity contribution in [3.8, 4) is 11.5 Å². The van der Waals surface area contributed by atoms with Crippen LogP contribution in [-0.2, 0) is 22.4 Å². The van der Waals surface area contributed by atoms with E-state index in [0.717, 1.165) is 16.5 Å². The van der Waals surface area contributed by atoms with Gasteiger partial charge in [0.05, 0.1) is 38.7 Å². The van der Waals surface area contributed by atoms with E-state index in [0.29, 0.717) is 35.5 Å². The van der Waals surface area contributed by atoms with Crippen molar-refractivity contribution in [2.75, 3.05) is 25.7 Å². The lowest BCUT2D eigenvalue weighted by Gasteiger charge is -2.12. The zero-order chi connectivity index (χ0) is 22.8. The zero-order valence-corrected chi connectivity index (χ0v) is 20.2. The Labute approximate surface area is 199 Å². The first-order chi connectivity index (χ1) is 15.6. The molecular formula is C23H24BrN3O4S. The Morgan fingerprint density at radius 3 is 2.81 bits per heavy atom. The van der Waals surface area contributed by atoms with Crippen LogP contribution in [0.2, 0.25) is 0 Å². The van der Waals surface area contributed by atoms with Crippen molar-refractivity contribution in [2.45, 2.75) is 19.8 Å². The molecule has 9 heteroatoms. The Bertz CT molecular complexity index is 1060. The highest BCUT2D eigenvalue weighted by Crippen LogP contribution is 2.33. The molecule has 0 aliphatic rings. The first-order valence-corrected chi connectivity index (χ1v) is 11.7. The van der Waals surface area contributed by atoms with E-state index in [1.807, 2.05) is 30.3 Å². The summed E-state index contributed by atoms with van der Waals surface area (Å²) >= 11 is 4.93. The molecule has 168 valence electrons. The molecule has 0 amide bonds. The second kappa shape index (κ2) is 12.2. The summed E-state index contributed by atoms with van der Waals surface area (Å²) in [4.78, 5) is 15.9. The standard InChI is InChI=1S/C23H24BrN3O4S/c1-3-30-22(28)12-18-15-32-23(26-18)27-25-14-17-11-20(29-2)21(13-19(17)24)31-10-9-16-7-5-4-6-8-16/h4-8,11,13-15H,3,9-10,12H2,1-2H3,(H,26,27). The molecule has 32 heavy (non-hydrogen) atoms. The van der Waals surface area contributed by atoms with Crippen molar-refractivity contribution < 1.29 is 19.0 Å². The highest BCUT2D eigenvalue weighted by atomic mass is 79.9. The predicted octanol–water partition coefficient (Wildman–Crippen LogP) is 5.09. The second-order valence-corrected chi connectivity index (χ2v) is 8.32. The van der Waals surface area contributed by atoms with Gasteiger partial charge in [-0.2, -0.15) is 5.10 Å². The number of carbonyl (C=O) groups excluding carboxylic acids is 1. The lowest BCUT2D eigenvalue weighted by molar-refractivity contribution is -0.142. The van der Waals surface area contributed by atoms with Gasteiger partial charge in [-0.05, 0) is 40.5 Å². The molecule has 0 atom stereocenters. The first kappa shape index (κ1) is 23.7. The summed E-state index contributed by atoms with van der Waals surface area (Å²) in [5.41, 5.74) is 5.56. The number of thiazole rings is 1. The van der Waals surface area contributed by atoms with Gasteiger partial charge in [0.25, 0.3) is 0 Å². The van der Waals surface area contributed by atoms with Crippen LogP contribution in [0.1, 0.15) is 23.7 Å². The maximum absolute atomic E-state index is 11.5. The van der Waals surface area contributed by atoms with E-state index in [9.17, 15) is 4.79 Å². The molecular weight excluding hydrogens is 494 g/mol. The van der Waals surface area contributed by atoms with Gasteiger partial charge in [-0.25, -0.2) is 4.98 Å². The van der Waals surface area contributed by atoms with E-state index in [4.69, 9.17) is 14.2 Å². The van der Waals surface area contributed by atoms with E-state index in [2.05, 4.69) is 43.6 Å². The van der Waals surface area contributed by atoms with Crippen LogP contribution in [0, 0.1) is 0 Å². The zero-order valence-electron chi connectivity index (χ0n) is 17.8. The minimum Gasteiger partial charge on any atom is -0.493 e. The number of ether oxygens (including phenoxy) is 3. The van der Waals surface area contributed by atoms with Gasteiger partial charge in [-0.3, -0.25) is 10.2 Å². The molecule has 0 aliphatic heterocycles. The van der Waals surface area contributed by atoms with Gasteiger partial charge in [-0.15, -0.1) is 11.3 Å². The third-order valence-corrected chi connectivity index (χ3v) is 5.80. The maximum Gasteiger partial charge on any atom is 0.311 e. The number of nitrogens with zero attached hydrogens (tertiary/aromatic N) is 2. The number of nitrogens with one attached hydrogen (secondary N) is 1. The summed E-state index contributed by atoms with van der Waals surface area (Å²) in [5.74, 6) is 0.979. The monoisotopic (exact) mass is 517 g/mol. The fraction of sp³-hybridized carbons (Fsp3) is 0.261. The number of hydrogen-bond acceptors (Lipinski definition) is 8. The molecule has 1 aromatic heterocycles. The number of carbonyl (C=O) groups is 1. The minimum atomic E-state index is -0.296. The molecule has 2 aromatic carbocycles. The van der Waals surface area contributed by atoms with Crippen LogP contribution in [-0.4, -0.2) is 37.5 Å². The molecule has 7 nitrogen and oxygen atoms in total. The number of halogens is 1. The molecule has 3 rings (SSSR count). The van der Waals surface area contributed by atoms with Gasteiger partial charge in [-0.1, -0.05) is 30.3 Å². The first-order valence-electron chi connectivity index (χ1n) is 10.0. The number of esters is 1. The molecule has 0 unspecified atom stereocenters. The molecule has 0 fully saturated rings. The van der Waals surface area contributed by atoms with Crippen molar-refractivity contribution in [3.05, 3.63) is 69.1 Å². The average Bonchev–Trinajstić information content (AvgIpc) is 3.23. The smallest absolute Gasteiger partial charge is 0.311 e. The normalized spacial score (nSPS) is 10.8. The van der Waals surface area contributed by atoms with Crippen LogP contribution in [0.4, 0.5) is 5.13 Å². The quantitative estimate of drug-likeness (QED) is 0.217. The van der Waals surface area contributed by atoms with Gasteiger partial charge in [0, 0.05) is 21.8 Å². The number of aromatic nitrogens is 1. The lowest BCUT2D eigenvalue weighted by atomic mass is 10.2. The Morgan fingerprint density at radius 2 is 2.06 bits per heavy atom. The Hall–Kier alpha value is -2.91.